The van der Waals surface area contributed by atoms with E-state index < -0.39 is 0 Å². The Balaban J connectivity index is 1.63. The molecule has 31 heavy (non-hydrogen) atoms. The van der Waals surface area contributed by atoms with Crippen LogP contribution in [0, 0.1) is 27.9 Å². The number of benzene rings is 2. The van der Waals surface area contributed by atoms with Crippen molar-refractivity contribution in [2.75, 3.05) is 26.3 Å². The Morgan fingerprint density at radius 3 is 2.68 bits per heavy atom. The Hall–Kier alpha value is -2.88. The molecule has 1 saturated heterocycles. The Bertz CT molecular complexity index is 1020. The summed E-state index contributed by atoms with van der Waals surface area (Å²) in [5.74, 6) is 7.72. The fraction of sp³-hybridized carbons (Fsp3) is 0.440. The lowest BCUT2D eigenvalue weighted by atomic mass is 9.68. The third kappa shape index (κ3) is 3.69. The highest BCUT2D eigenvalue weighted by atomic mass is 16.6. The molecule has 0 radical (unpaired) electrons. The fourth-order valence-corrected chi connectivity index (χ4v) is 5.54. The van der Waals surface area contributed by atoms with E-state index in [1.165, 1.54) is 4.90 Å². The highest BCUT2D eigenvalue weighted by Crippen LogP contribution is 2.49. The van der Waals surface area contributed by atoms with Crippen LogP contribution in [-0.2, 0) is 4.74 Å². The van der Waals surface area contributed by atoms with Crippen molar-refractivity contribution in [2.24, 2.45) is 5.92 Å². The van der Waals surface area contributed by atoms with Gasteiger partial charge < -0.3 is 9.47 Å². The second-order valence-corrected chi connectivity index (χ2v) is 8.65. The topological polar surface area (TPSA) is 66.0 Å². The summed E-state index contributed by atoms with van der Waals surface area (Å²) in [6.45, 7) is 3.30. The molecule has 0 aromatic heterocycles. The summed E-state index contributed by atoms with van der Waals surface area (Å²) in [4.78, 5) is 12.6. The monoisotopic (exact) mass is 419 g/mol. The van der Waals surface area contributed by atoms with Gasteiger partial charge in [-0.25, -0.2) is 0 Å². The molecular formula is C25H27N2O4+. The number of ether oxygens (including phenoxy) is 2. The summed E-state index contributed by atoms with van der Waals surface area (Å²) in [7, 11) is 0. The van der Waals surface area contributed by atoms with Gasteiger partial charge in [-0.05, 0) is 31.0 Å². The minimum Gasteiger partial charge on any atom is -0.440 e. The third-order valence-corrected chi connectivity index (χ3v) is 6.99. The molecule has 1 saturated carbocycles. The number of nitrogens with zero attached hydrogens (tertiary/aromatic N) is 1. The molecule has 0 amide bonds. The van der Waals surface area contributed by atoms with E-state index in [4.69, 9.17) is 9.47 Å². The summed E-state index contributed by atoms with van der Waals surface area (Å²) in [5.41, 5.74) is 1.56. The van der Waals surface area contributed by atoms with Gasteiger partial charge in [0.25, 0.3) is 5.69 Å². The van der Waals surface area contributed by atoms with Gasteiger partial charge in [0.05, 0.1) is 30.0 Å². The molecule has 3 aliphatic rings. The molecule has 3 atom stereocenters. The first-order valence-corrected chi connectivity index (χ1v) is 11.1. The van der Waals surface area contributed by atoms with Crippen molar-refractivity contribution >= 4 is 5.69 Å². The van der Waals surface area contributed by atoms with Crippen LogP contribution in [0.15, 0.2) is 48.5 Å². The van der Waals surface area contributed by atoms with Crippen molar-refractivity contribution in [2.45, 2.75) is 37.3 Å². The van der Waals surface area contributed by atoms with E-state index in [1.54, 1.807) is 18.2 Å². The molecule has 2 aromatic carbocycles. The molecule has 0 bridgehead atoms. The number of nitro benzene ring substituents is 1. The summed E-state index contributed by atoms with van der Waals surface area (Å²) in [5, 5.41) is 11.5. The quantitative estimate of drug-likeness (QED) is 0.462. The first kappa shape index (κ1) is 20.0. The zero-order chi connectivity index (χ0) is 21.3. The number of fused-ring (bicyclic) bond motifs is 2. The average Bonchev–Trinajstić information content (AvgIpc) is 2.82. The predicted octanol–water partition coefficient (Wildman–Crippen LogP) is 2.92. The zero-order valence-corrected chi connectivity index (χ0v) is 17.5. The van der Waals surface area contributed by atoms with Crippen molar-refractivity contribution in [1.29, 1.82) is 0 Å². The molecule has 2 heterocycles. The molecule has 2 aliphatic heterocycles. The average molecular weight is 420 g/mol. The van der Waals surface area contributed by atoms with Gasteiger partial charge >= 0.3 is 0 Å². The van der Waals surface area contributed by atoms with Gasteiger partial charge in [0, 0.05) is 29.7 Å². The van der Waals surface area contributed by atoms with E-state index >= 15 is 0 Å². The molecule has 6 heteroatoms. The zero-order valence-electron chi connectivity index (χ0n) is 17.5. The van der Waals surface area contributed by atoms with Crippen LogP contribution in [-0.4, -0.2) is 37.0 Å². The van der Waals surface area contributed by atoms with Crippen LogP contribution < -0.4 is 9.64 Å². The van der Waals surface area contributed by atoms with Crippen LogP contribution in [0.4, 0.5) is 5.69 Å². The van der Waals surface area contributed by atoms with Crippen LogP contribution in [0.25, 0.3) is 0 Å². The lowest BCUT2D eigenvalue weighted by Crippen LogP contribution is -3.24. The number of nitro groups is 1. The minimum absolute atomic E-state index is 0.0934. The highest BCUT2D eigenvalue weighted by Gasteiger charge is 2.57. The highest BCUT2D eigenvalue weighted by molar-refractivity contribution is 5.51. The second kappa shape index (κ2) is 8.33. The van der Waals surface area contributed by atoms with Gasteiger partial charge in [0.2, 0.25) is 5.72 Å². The van der Waals surface area contributed by atoms with E-state index in [0.29, 0.717) is 0 Å². The first-order valence-electron chi connectivity index (χ1n) is 11.1. The molecule has 1 N–H and O–H groups in total. The van der Waals surface area contributed by atoms with Gasteiger partial charge in [-0.15, -0.1) is 0 Å². The Kier molecular flexibility index (Phi) is 5.39. The minimum atomic E-state index is -0.346. The lowest BCUT2D eigenvalue weighted by molar-refractivity contribution is -0.987. The second-order valence-electron chi connectivity index (χ2n) is 8.65. The van der Waals surface area contributed by atoms with Crippen LogP contribution in [0.3, 0.4) is 0 Å². The molecule has 6 nitrogen and oxygen atoms in total. The van der Waals surface area contributed by atoms with E-state index in [-0.39, 0.29) is 28.2 Å². The smallest absolute Gasteiger partial charge is 0.270 e. The SMILES string of the molecule is O=[N+]([O-])c1ccc2c(c1)[C@H](C#Cc1ccccc1)[C@H]1CCCC[C@@]1([NH+]1CCOCC1)O2. The third-order valence-electron chi connectivity index (χ3n) is 6.99. The van der Waals surface area contributed by atoms with Crippen molar-refractivity contribution < 1.29 is 19.3 Å². The van der Waals surface area contributed by atoms with Crippen molar-refractivity contribution in [3.05, 3.63) is 69.8 Å². The molecular weight excluding hydrogens is 392 g/mol. The largest absolute Gasteiger partial charge is 0.440 e. The number of rotatable bonds is 2. The summed E-state index contributed by atoms with van der Waals surface area (Å²) >= 11 is 0. The van der Waals surface area contributed by atoms with Crippen molar-refractivity contribution in [3.8, 4) is 17.6 Å². The van der Waals surface area contributed by atoms with Crippen LogP contribution >= 0.6 is 0 Å². The fourth-order valence-electron chi connectivity index (χ4n) is 5.54. The molecule has 2 aromatic rings. The van der Waals surface area contributed by atoms with Crippen molar-refractivity contribution in [1.82, 2.24) is 0 Å². The summed E-state index contributed by atoms with van der Waals surface area (Å²) in [6, 6.07) is 14.9. The van der Waals surface area contributed by atoms with Gasteiger partial charge in [-0.3, -0.25) is 15.0 Å². The maximum absolute atomic E-state index is 11.5. The number of nitrogens with one attached hydrogen (secondary N) is 1. The van der Waals surface area contributed by atoms with Crippen LogP contribution in [0.2, 0.25) is 0 Å². The molecule has 0 spiro atoms. The van der Waals surface area contributed by atoms with E-state index in [1.807, 2.05) is 30.3 Å². The van der Waals surface area contributed by atoms with E-state index in [9.17, 15) is 10.1 Å². The first-order chi connectivity index (χ1) is 15.2. The van der Waals surface area contributed by atoms with Gasteiger partial charge in [0.1, 0.15) is 18.8 Å². The number of quaternary nitrogens is 1. The predicted molar refractivity (Wildman–Crippen MR) is 116 cm³/mol. The van der Waals surface area contributed by atoms with Gasteiger partial charge in [-0.2, -0.15) is 0 Å². The molecule has 0 unspecified atom stereocenters. The number of hydrogen-bond donors (Lipinski definition) is 1. The maximum atomic E-state index is 11.5. The Morgan fingerprint density at radius 1 is 1.10 bits per heavy atom. The summed E-state index contributed by atoms with van der Waals surface area (Å²) in [6.07, 6.45) is 4.25. The van der Waals surface area contributed by atoms with Crippen LogP contribution in [0.1, 0.15) is 42.7 Å². The van der Waals surface area contributed by atoms with E-state index in [2.05, 4.69) is 11.8 Å². The Morgan fingerprint density at radius 2 is 1.90 bits per heavy atom. The molecule has 160 valence electrons. The number of morpholine rings is 1. The molecule has 5 rings (SSSR count). The van der Waals surface area contributed by atoms with Crippen molar-refractivity contribution in [3.63, 3.8) is 0 Å². The summed E-state index contributed by atoms with van der Waals surface area (Å²) < 4.78 is 12.4. The lowest BCUT2D eigenvalue weighted by Gasteiger charge is -2.52. The van der Waals surface area contributed by atoms with Crippen LogP contribution in [0.5, 0.6) is 5.75 Å². The van der Waals surface area contributed by atoms with E-state index in [0.717, 1.165) is 68.9 Å². The van der Waals surface area contributed by atoms with Gasteiger partial charge in [-0.1, -0.05) is 36.5 Å². The standard InChI is InChI=1S/C25H26N2O4/c28-27(29)20-10-12-24-22(18-20)21(11-9-19-6-2-1-3-7-19)23-8-4-5-13-25(23,31-24)26-14-16-30-17-15-26/h1-3,6-7,10,12,18,21,23H,4-5,8,13-17H2/p+1/t21-,23+,25+/m0/s1. The number of hydrogen-bond acceptors (Lipinski definition) is 4. The maximum Gasteiger partial charge on any atom is 0.270 e. The molecule has 2 fully saturated rings. The normalized spacial score (nSPS) is 27.7. The Labute approximate surface area is 182 Å². The molecule has 1 aliphatic carbocycles. The van der Waals surface area contributed by atoms with Gasteiger partial charge in [0.15, 0.2) is 0 Å². The number of non-ortho nitro benzene ring substituents is 1.